The molecule has 0 bridgehead atoms. The van der Waals surface area contributed by atoms with Crippen LogP contribution < -0.4 is 15.0 Å². The summed E-state index contributed by atoms with van der Waals surface area (Å²) in [5.41, 5.74) is 2.33. The van der Waals surface area contributed by atoms with Gasteiger partial charge in [-0.15, -0.1) is 0 Å². The van der Waals surface area contributed by atoms with Crippen molar-refractivity contribution in [3.63, 3.8) is 0 Å². The first-order valence-electron chi connectivity index (χ1n) is 9.99. The van der Waals surface area contributed by atoms with E-state index in [1.54, 1.807) is 4.90 Å². The van der Waals surface area contributed by atoms with Crippen molar-refractivity contribution in [2.45, 2.75) is 19.9 Å². The largest absolute Gasteiger partial charge is 0.483 e. The van der Waals surface area contributed by atoms with Crippen LogP contribution in [0.4, 0.5) is 22.7 Å². The summed E-state index contributed by atoms with van der Waals surface area (Å²) in [6, 6.07) is 20.7. The number of anilines is 3. The first-order chi connectivity index (χ1) is 15.4. The van der Waals surface area contributed by atoms with Crippen molar-refractivity contribution in [1.29, 1.82) is 0 Å². The number of nitro groups is 1. The maximum Gasteiger partial charge on any atom is 0.270 e. The van der Waals surface area contributed by atoms with Crippen molar-refractivity contribution in [2.24, 2.45) is 0 Å². The number of aldehydes is 1. The number of hydrogen-bond acceptors (Lipinski definition) is 6. The van der Waals surface area contributed by atoms with Gasteiger partial charge in [0.1, 0.15) is 5.75 Å². The van der Waals surface area contributed by atoms with Crippen LogP contribution in [0.2, 0.25) is 0 Å². The Bertz CT molecular complexity index is 1100. The number of carbonyl (C=O) groups is 2. The van der Waals surface area contributed by atoms with E-state index in [-0.39, 0.29) is 35.6 Å². The molecule has 0 unspecified atom stereocenters. The third-order valence-corrected chi connectivity index (χ3v) is 4.68. The van der Waals surface area contributed by atoms with Crippen LogP contribution in [0.3, 0.4) is 0 Å². The first-order valence-corrected chi connectivity index (χ1v) is 9.99. The van der Waals surface area contributed by atoms with Gasteiger partial charge in [-0.25, -0.2) is 0 Å². The number of amides is 1. The Kier molecular flexibility index (Phi) is 7.17. The Morgan fingerprint density at radius 2 is 1.72 bits per heavy atom. The zero-order chi connectivity index (χ0) is 23.1. The van der Waals surface area contributed by atoms with Crippen molar-refractivity contribution >= 4 is 34.9 Å². The number of carbonyl (C=O) groups excluding carboxylic acids is 2. The molecule has 0 spiro atoms. The molecule has 1 N–H and O–H groups in total. The molecule has 3 aromatic rings. The highest BCUT2D eigenvalue weighted by Gasteiger charge is 2.21. The Labute approximate surface area is 185 Å². The number of nitro benzene ring substituents is 1. The number of nitrogens with one attached hydrogen (secondary N) is 1. The lowest BCUT2D eigenvalue weighted by molar-refractivity contribution is -0.384. The Hall–Kier alpha value is -4.20. The monoisotopic (exact) mass is 433 g/mol. The van der Waals surface area contributed by atoms with Crippen LogP contribution in [0.15, 0.2) is 72.8 Å². The van der Waals surface area contributed by atoms with E-state index in [1.807, 2.05) is 68.4 Å². The summed E-state index contributed by atoms with van der Waals surface area (Å²) >= 11 is 0. The summed E-state index contributed by atoms with van der Waals surface area (Å²) < 4.78 is 5.52. The summed E-state index contributed by atoms with van der Waals surface area (Å²) in [5.74, 6) is -0.191. The molecule has 0 saturated carbocycles. The van der Waals surface area contributed by atoms with Crippen molar-refractivity contribution in [3.8, 4) is 5.75 Å². The molecule has 8 nitrogen and oxygen atoms in total. The second-order valence-electron chi connectivity index (χ2n) is 7.28. The molecule has 32 heavy (non-hydrogen) atoms. The molecule has 0 aromatic heterocycles. The van der Waals surface area contributed by atoms with E-state index in [1.165, 1.54) is 12.1 Å². The number of para-hydroxylation sites is 1. The van der Waals surface area contributed by atoms with Gasteiger partial charge in [0.05, 0.1) is 10.5 Å². The molecule has 3 rings (SSSR count). The van der Waals surface area contributed by atoms with Gasteiger partial charge in [0, 0.05) is 35.2 Å². The number of rotatable bonds is 9. The molecule has 0 saturated heterocycles. The third kappa shape index (κ3) is 5.48. The van der Waals surface area contributed by atoms with E-state index in [4.69, 9.17) is 4.74 Å². The smallest absolute Gasteiger partial charge is 0.270 e. The summed E-state index contributed by atoms with van der Waals surface area (Å²) in [7, 11) is 0. The zero-order valence-electron chi connectivity index (χ0n) is 17.7. The summed E-state index contributed by atoms with van der Waals surface area (Å²) in [6.07, 6.45) is 0.464. The predicted molar refractivity (Wildman–Crippen MR) is 123 cm³/mol. The van der Waals surface area contributed by atoms with Gasteiger partial charge in [-0.3, -0.25) is 19.7 Å². The molecule has 0 atom stereocenters. The van der Waals surface area contributed by atoms with E-state index in [9.17, 15) is 19.7 Å². The van der Waals surface area contributed by atoms with E-state index in [0.717, 1.165) is 17.4 Å². The molecule has 0 aliphatic heterocycles. The van der Waals surface area contributed by atoms with Gasteiger partial charge in [0.15, 0.2) is 12.9 Å². The molecule has 3 aromatic carbocycles. The van der Waals surface area contributed by atoms with Gasteiger partial charge < -0.3 is 15.0 Å². The highest BCUT2D eigenvalue weighted by atomic mass is 16.6. The minimum absolute atomic E-state index is 0.0134. The molecular weight excluding hydrogens is 410 g/mol. The molecule has 1 amide bonds. The van der Waals surface area contributed by atoms with Gasteiger partial charge in [-0.2, -0.15) is 0 Å². The number of non-ortho nitro benzene ring substituents is 1. The number of ether oxygens (including phenoxy) is 1. The highest BCUT2D eigenvalue weighted by molar-refractivity contribution is 5.95. The van der Waals surface area contributed by atoms with Crippen LogP contribution in [-0.4, -0.2) is 29.8 Å². The van der Waals surface area contributed by atoms with Crippen LogP contribution in [0.1, 0.15) is 24.2 Å². The van der Waals surface area contributed by atoms with Crippen molar-refractivity contribution in [3.05, 3.63) is 88.5 Å². The standard InChI is InChI=1S/C24H23N3O5/c1-17(2)26(21-10-8-20(9-11-21)25-19-6-4-3-5-7-19)24(29)16-32-23-13-12-22(27(30)31)14-18(23)15-28/h3-15,17,25H,16H2,1-2H3. The van der Waals surface area contributed by atoms with Gasteiger partial charge in [-0.1, -0.05) is 18.2 Å². The maximum atomic E-state index is 12.9. The fraction of sp³-hybridized carbons (Fsp3) is 0.167. The molecule has 0 heterocycles. The quantitative estimate of drug-likeness (QED) is 0.290. The second kappa shape index (κ2) is 10.2. The lowest BCUT2D eigenvalue weighted by atomic mass is 10.2. The van der Waals surface area contributed by atoms with Crippen molar-refractivity contribution < 1.29 is 19.2 Å². The van der Waals surface area contributed by atoms with Crippen LogP contribution >= 0.6 is 0 Å². The van der Waals surface area contributed by atoms with E-state index in [2.05, 4.69) is 5.32 Å². The maximum absolute atomic E-state index is 12.9. The van der Waals surface area contributed by atoms with Gasteiger partial charge in [0.25, 0.3) is 11.6 Å². The molecular formula is C24H23N3O5. The van der Waals surface area contributed by atoms with Crippen LogP contribution in [0, 0.1) is 10.1 Å². The zero-order valence-corrected chi connectivity index (χ0v) is 17.7. The first kappa shape index (κ1) is 22.5. The van der Waals surface area contributed by atoms with Gasteiger partial charge >= 0.3 is 0 Å². The number of hydrogen-bond donors (Lipinski definition) is 1. The van der Waals surface area contributed by atoms with Crippen LogP contribution in [0.25, 0.3) is 0 Å². The Morgan fingerprint density at radius 3 is 2.31 bits per heavy atom. The molecule has 164 valence electrons. The fourth-order valence-corrected chi connectivity index (χ4v) is 3.21. The third-order valence-electron chi connectivity index (χ3n) is 4.68. The lowest BCUT2D eigenvalue weighted by Gasteiger charge is -2.27. The molecule has 0 aliphatic rings. The molecule has 8 heteroatoms. The molecule has 0 fully saturated rings. The van der Waals surface area contributed by atoms with Crippen molar-refractivity contribution in [1.82, 2.24) is 0 Å². The topological polar surface area (TPSA) is 102 Å². The minimum Gasteiger partial charge on any atom is -0.483 e. The van der Waals surface area contributed by atoms with Crippen molar-refractivity contribution in [2.75, 3.05) is 16.8 Å². The minimum atomic E-state index is -0.598. The van der Waals surface area contributed by atoms with E-state index in [0.29, 0.717) is 12.0 Å². The Morgan fingerprint density at radius 1 is 1.06 bits per heavy atom. The Balaban J connectivity index is 1.71. The molecule has 0 aliphatic carbocycles. The van der Waals surface area contributed by atoms with E-state index < -0.39 is 4.92 Å². The number of nitrogens with zero attached hydrogens (tertiary/aromatic N) is 2. The molecule has 0 radical (unpaired) electrons. The SMILES string of the molecule is CC(C)N(C(=O)COc1ccc([N+](=O)[O-])cc1C=O)c1ccc(Nc2ccccc2)cc1. The lowest BCUT2D eigenvalue weighted by Crippen LogP contribution is -2.40. The van der Waals surface area contributed by atoms with Crippen LogP contribution in [-0.2, 0) is 4.79 Å². The van der Waals surface area contributed by atoms with Gasteiger partial charge in [-0.05, 0) is 56.3 Å². The summed E-state index contributed by atoms with van der Waals surface area (Å²) in [5, 5.41) is 14.2. The van der Waals surface area contributed by atoms with E-state index >= 15 is 0 Å². The summed E-state index contributed by atoms with van der Waals surface area (Å²) in [4.78, 5) is 36.0. The predicted octanol–water partition coefficient (Wildman–Crippen LogP) is 4.97. The summed E-state index contributed by atoms with van der Waals surface area (Å²) in [6.45, 7) is 3.45. The van der Waals surface area contributed by atoms with Gasteiger partial charge in [0.2, 0.25) is 0 Å². The van der Waals surface area contributed by atoms with Crippen LogP contribution in [0.5, 0.6) is 5.75 Å². The number of benzene rings is 3. The average Bonchev–Trinajstić information content (AvgIpc) is 2.79. The second-order valence-corrected chi connectivity index (χ2v) is 7.28. The highest BCUT2D eigenvalue weighted by Crippen LogP contribution is 2.25. The average molecular weight is 433 g/mol. The normalized spacial score (nSPS) is 10.5. The fourth-order valence-electron chi connectivity index (χ4n) is 3.21.